The Bertz CT molecular complexity index is 1000. The molecule has 0 radical (unpaired) electrons. The minimum Gasteiger partial charge on any atom is -0.390 e. The molecule has 1 saturated heterocycles. The van der Waals surface area contributed by atoms with E-state index in [1.807, 2.05) is 0 Å². The Morgan fingerprint density at radius 2 is 1.83 bits per heavy atom. The summed E-state index contributed by atoms with van der Waals surface area (Å²) in [5.41, 5.74) is -0.457. The van der Waals surface area contributed by atoms with Gasteiger partial charge in [-0.3, -0.25) is 18.9 Å². The number of phosphoric acid groups is 3. The molecule has 1 aromatic rings. The predicted molar refractivity (Wildman–Crippen MR) is 94.8 cm³/mol. The van der Waals surface area contributed by atoms with Crippen LogP contribution in [-0.4, -0.2) is 53.0 Å². The van der Waals surface area contributed by atoms with Crippen molar-refractivity contribution >= 4 is 35.7 Å². The Balaban J connectivity index is 2.06. The molecule has 166 valence electrons. The lowest BCUT2D eigenvalue weighted by Crippen LogP contribution is -2.29. The maximum absolute atomic E-state index is 11.8. The van der Waals surface area contributed by atoms with Crippen LogP contribution in [0, 0.1) is 10.7 Å². The lowest BCUT2D eigenvalue weighted by atomic mass is 10.0. The minimum atomic E-state index is -5.65. The van der Waals surface area contributed by atoms with Gasteiger partial charge in [-0.15, -0.1) is 0 Å². The average Bonchev–Trinajstić information content (AvgIpc) is 2.78. The van der Waals surface area contributed by atoms with Crippen molar-refractivity contribution in [1.29, 1.82) is 0 Å². The molecule has 1 fully saturated rings. The van der Waals surface area contributed by atoms with Gasteiger partial charge in [-0.05, 0) is 12.2 Å². The van der Waals surface area contributed by atoms with Crippen molar-refractivity contribution < 1.29 is 56.3 Å². The monoisotopic (exact) mass is 498 g/mol. The zero-order chi connectivity index (χ0) is 22.2. The average molecular weight is 498 g/mol. The van der Waals surface area contributed by atoms with Crippen LogP contribution in [0.4, 0.5) is 0 Å². The standard InChI is InChI=1S/C10H17N2O13P3S/c1-5-8(14)6(23-9(5)12-3-2-7(13)11-10(12)29)4-22-27(18,19)25-28(20,21)24-26(15,16)17/h2-3,5-6,8-9,14H,4H2,1H3,(H,18,19)(H,20,21)(H,11,13,29)(H2,15,16,17)/t5-,6+,8?,9+/m0/s1. The van der Waals surface area contributed by atoms with Crippen LogP contribution < -0.4 is 5.56 Å². The summed E-state index contributed by atoms with van der Waals surface area (Å²) in [5, 5.41) is 10.2. The molecule has 1 aliphatic heterocycles. The van der Waals surface area contributed by atoms with Crippen molar-refractivity contribution in [1.82, 2.24) is 9.55 Å². The van der Waals surface area contributed by atoms with Gasteiger partial charge in [-0.2, -0.15) is 8.62 Å². The van der Waals surface area contributed by atoms with E-state index >= 15 is 0 Å². The van der Waals surface area contributed by atoms with E-state index in [1.54, 1.807) is 6.92 Å². The number of H-pyrrole nitrogens is 1. The first kappa shape index (κ1) is 24.7. The molecule has 19 heteroatoms. The summed E-state index contributed by atoms with van der Waals surface area (Å²) in [4.78, 5) is 49.1. The largest absolute Gasteiger partial charge is 0.490 e. The van der Waals surface area contributed by atoms with Crippen LogP contribution in [0.25, 0.3) is 0 Å². The number of nitrogens with one attached hydrogen (secondary N) is 1. The summed E-state index contributed by atoms with van der Waals surface area (Å²) in [6.45, 7) is 0.745. The molecule has 0 saturated carbocycles. The van der Waals surface area contributed by atoms with Gasteiger partial charge in [0.2, 0.25) is 0 Å². The molecule has 0 bridgehead atoms. The van der Waals surface area contributed by atoms with E-state index in [-0.39, 0.29) is 4.77 Å². The van der Waals surface area contributed by atoms with Crippen LogP contribution in [0.15, 0.2) is 17.1 Å². The van der Waals surface area contributed by atoms with Crippen LogP contribution in [0.5, 0.6) is 0 Å². The van der Waals surface area contributed by atoms with Crippen molar-refractivity contribution in [3.63, 3.8) is 0 Å². The second-order valence-electron chi connectivity index (χ2n) is 5.82. The molecule has 6 N–H and O–H groups in total. The fraction of sp³-hybridized carbons (Fsp3) is 0.600. The number of phosphoric ester groups is 1. The third kappa shape index (κ3) is 6.97. The molecule has 29 heavy (non-hydrogen) atoms. The third-order valence-electron chi connectivity index (χ3n) is 3.63. The molecule has 2 heterocycles. The van der Waals surface area contributed by atoms with Gasteiger partial charge in [-0.25, -0.2) is 13.7 Å². The normalized spacial score (nSPS) is 29.3. The lowest BCUT2D eigenvalue weighted by molar-refractivity contribution is -0.0461. The van der Waals surface area contributed by atoms with Crippen LogP contribution in [0.2, 0.25) is 0 Å². The molecule has 15 nitrogen and oxygen atoms in total. The predicted octanol–water partition coefficient (Wildman–Crippen LogP) is 0.144. The Morgan fingerprint density at radius 3 is 2.38 bits per heavy atom. The SMILES string of the molecule is C[C@H]1C(O)[C@@H](COP(=O)(O)OP(=O)(O)OP(=O)(O)O)O[C@H]1n1ccc(=O)[nH]c1=S. The minimum absolute atomic E-state index is 0.00455. The molecule has 1 aromatic heterocycles. The molecule has 0 aromatic carbocycles. The molecule has 0 spiro atoms. The highest BCUT2D eigenvalue weighted by molar-refractivity contribution is 7.71. The van der Waals surface area contributed by atoms with Crippen molar-refractivity contribution in [3.05, 3.63) is 27.4 Å². The lowest BCUT2D eigenvalue weighted by Gasteiger charge is -2.19. The van der Waals surface area contributed by atoms with E-state index < -0.39 is 60.0 Å². The molecule has 0 aliphatic carbocycles. The number of rotatable bonds is 8. The van der Waals surface area contributed by atoms with Crippen LogP contribution in [0.3, 0.4) is 0 Å². The van der Waals surface area contributed by atoms with Gasteiger partial charge in [0.25, 0.3) is 5.56 Å². The number of aromatic nitrogens is 2. The first-order valence-electron chi connectivity index (χ1n) is 7.53. The highest BCUT2D eigenvalue weighted by Crippen LogP contribution is 2.66. The highest BCUT2D eigenvalue weighted by atomic mass is 32.1. The van der Waals surface area contributed by atoms with E-state index in [1.165, 1.54) is 10.8 Å². The zero-order valence-corrected chi connectivity index (χ0v) is 17.9. The van der Waals surface area contributed by atoms with E-state index in [2.05, 4.69) is 18.1 Å². The Labute approximate surface area is 167 Å². The number of nitrogens with zero attached hydrogens (tertiary/aromatic N) is 1. The molecule has 1 aliphatic rings. The molecule has 2 rings (SSSR count). The van der Waals surface area contributed by atoms with Crippen molar-refractivity contribution in [2.24, 2.45) is 5.92 Å². The first-order valence-corrected chi connectivity index (χ1v) is 12.5. The second kappa shape index (κ2) is 8.89. The third-order valence-corrected chi connectivity index (χ3v) is 7.74. The fourth-order valence-corrected chi connectivity index (χ4v) is 5.74. The van der Waals surface area contributed by atoms with Crippen LogP contribution >= 0.6 is 35.7 Å². The molecular weight excluding hydrogens is 481 g/mol. The molecule has 6 atom stereocenters. The number of aliphatic hydroxyl groups is 1. The van der Waals surface area contributed by atoms with Gasteiger partial charge in [-0.1, -0.05) is 6.92 Å². The summed E-state index contributed by atoms with van der Waals surface area (Å²) < 4.78 is 52.1. The smallest absolute Gasteiger partial charge is 0.390 e. The van der Waals surface area contributed by atoms with Crippen LogP contribution in [-0.2, 0) is 31.6 Å². The van der Waals surface area contributed by atoms with Gasteiger partial charge in [0, 0.05) is 18.2 Å². The van der Waals surface area contributed by atoms with Crippen molar-refractivity contribution in [2.45, 2.75) is 25.4 Å². The number of ether oxygens (including phenoxy) is 1. The van der Waals surface area contributed by atoms with Gasteiger partial charge >= 0.3 is 23.5 Å². The Kier molecular flexibility index (Phi) is 7.57. The fourth-order valence-electron chi connectivity index (χ4n) is 2.45. The number of aromatic amines is 1. The Morgan fingerprint density at radius 1 is 1.21 bits per heavy atom. The number of hydrogen-bond acceptors (Lipinski definition) is 10. The summed E-state index contributed by atoms with van der Waals surface area (Å²) in [6.07, 6.45) is -2.04. The van der Waals surface area contributed by atoms with Crippen molar-refractivity contribution in [3.8, 4) is 0 Å². The van der Waals surface area contributed by atoms with E-state index in [9.17, 15) is 28.5 Å². The summed E-state index contributed by atoms with van der Waals surface area (Å²) in [5.74, 6) is -0.623. The quantitative estimate of drug-likeness (QED) is 0.207. The van der Waals surface area contributed by atoms with Gasteiger partial charge in [0.15, 0.2) is 4.77 Å². The van der Waals surface area contributed by atoms with Gasteiger partial charge < -0.3 is 29.4 Å². The van der Waals surface area contributed by atoms with E-state index in [0.29, 0.717) is 0 Å². The maximum Gasteiger partial charge on any atom is 0.490 e. The molecule has 0 amide bonds. The van der Waals surface area contributed by atoms with Gasteiger partial charge in [0.05, 0.1) is 12.7 Å². The first-order chi connectivity index (χ1) is 13.1. The zero-order valence-electron chi connectivity index (χ0n) is 14.4. The molecular formula is C10H17N2O13P3S. The van der Waals surface area contributed by atoms with Crippen molar-refractivity contribution in [2.75, 3.05) is 6.61 Å². The Hall–Kier alpha value is -0.570. The highest BCUT2D eigenvalue weighted by Gasteiger charge is 2.45. The maximum atomic E-state index is 11.8. The van der Waals surface area contributed by atoms with E-state index in [4.69, 9.17) is 31.6 Å². The second-order valence-corrected chi connectivity index (χ2v) is 10.6. The van der Waals surface area contributed by atoms with Crippen LogP contribution in [0.1, 0.15) is 13.2 Å². The summed E-state index contributed by atoms with van der Waals surface area (Å²) in [7, 11) is -16.5. The topological polar surface area (TPSA) is 227 Å². The van der Waals surface area contributed by atoms with Gasteiger partial charge in [0.1, 0.15) is 12.3 Å². The number of aliphatic hydroxyl groups excluding tert-OH is 1. The summed E-state index contributed by atoms with van der Waals surface area (Å²) in [6, 6.07) is 1.16. The van der Waals surface area contributed by atoms with E-state index in [0.717, 1.165) is 6.07 Å². The molecule has 3 unspecified atom stereocenters. The summed E-state index contributed by atoms with van der Waals surface area (Å²) >= 11 is 5.01. The number of hydrogen-bond donors (Lipinski definition) is 6.